The number of Topliss-reactive ketones (excluding diaryl/α,β-unsaturated/α-hetero) is 1. The van der Waals surface area contributed by atoms with Crippen molar-refractivity contribution in [2.24, 2.45) is 23.0 Å². The van der Waals surface area contributed by atoms with Gasteiger partial charge in [0.25, 0.3) is 0 Å². The van der Waals surface area contributed by atoms with Gasteiger partial charge in [0, 0.05) is 16.8 Å². The molecule has 2 N–H and O–H groups in total. The van der Waals surface area contributed by atoms with E-state index >= 15 is 0 Å². The number of aryl methyl sites for hydroxylation is 1. The summed E-state index contributed by atoms with van der Waals surface area (Å²) in [6.45, 7) is 24.3. The number of carbonyl (C=O) groups is 3. The van der Waals surface area contributed by atoms with Gasteiger partial charge in [0.1, 0.15) is 24.1 Å². The van der Waals surface area contributed by atoms with E-state index in [1.54, 1.807) is 52.9 Å². The van der Waals surface area contributed by atoms with Crippen LogP contribution in [0, 0.1) is 24.2 Å². The van der Waals surface area contributed by atoms with Crippen LogP contribution in [0.5, 0.6) is 0 Å². The van der Waals surface area contributed by atoms with Crippen molar-refractivity contribution in [2.75, 3.05) is 6.61 Å². The highest BCUT2D eigenvalue weighted by atomic mass is 35.6. The number of ether oxygens (including phenoxy) is 3. The number of hydrogen-bond acceptors (Lipinski definition) is 10. The minimum Gasteiger partial charge on any atom is -0.460 e. The lowest BCUT2D eigenvalue weighted by molar-refractivity contribution is -0.159. The normalized spacial score (nSPS) is 16.5. The summed E-state index contributed by atoms with van der Waals surface area (Å²) in [4.78, 5) is 45.3. The summed E-state index contributed by atoms with van der Waals surface area (Å²) < 4.78 is 21.7. The average Bonchev–Trinajstić information content (AvgIpc) is 3.48. The molecule has 0 saturated carbocycles. The van der Waals surface area contributed by atoms with Crippen LogP contribution >= 0.6 is 46.1 Å². The third kappa shape index (κ3) is 17.6. The summed E-state index contributed by atoms with van der Waals surface area (Å²) in [6.07, 6.45) is 6.32. The van der Waals surface area contributed by atoms with Gasteiger partial charge in [-0.25, -0.2) is 9.78 Å². The second kappa shape index (κ2) is 22.3. The molecule has 0 unspecified atom stereocenters. The Kier molecular flexibility index (Phi) is 20.7. The van der Waals surface area contributed by atoms with Crippen LogP contribution in [0.2, 0.25) is 18.1 Å². The zero-order chi connectivity index (χ0) is 41.7. The molecule has 0 fully saturated rings. The summed E-state index contributed by atoms with van der Waals surface area (Å²) in [6, 6.07) is 2.33. The molecule has 0 aliphatic rings. The monoisotopic (exact) mass is 850 g/mol. The molecule has 54 heavy (non-hydrogen) atoms. The molecule has 0 amide bonds. The van der Waals surface area contributed by atoms with E-state index in [1.807, 2.05) is 51.3 Å². The Morgan fingerprint density at radius 1 is 1.00 bits per heavy atom. The number of ketones is 1. The van der Waals surface area contributed by atoms with E-state index < -0.39 is 60.0 Å². The summed E-state index contributed by atoms with van der Waals surface area (Å²) >= 11 is 19.1. The van der Waals surface area contributed by atoms with Crippen LogP contribution in [-0.2, 0) is 28.2 Å². The third-order valence-corrected chi connectivity index (χ3v) is 15.5. The van der Waals surface area contributed by atoms with E-state index in [1.165, 1.54) is 0 Å². The van der Waals surface area contributed by atoms with Crippen molar-refractivity contribution in [1.29, 1.82) is 0 Å². The Morgan fingerprint density at radius 2 is 1.59 bits per heavy atom. The van der Waals surface area contributed by atoms with Crippen molar-refractivity contribution in [3.8, 4) is 0 Å². The Morgan fingerprint density at radius 3 is 2.09 bits per heavy atom. The minimum absolute atomic E-state index is 0.0955. The van der Waals surface area contributed by atoms with E-state index in [4.69, 9.17) is 59.2 Å². The highest BCUT2D eigenvalue weighted by Crippen LogP contribution is 2.38. The molecule has 5 atom stereocenters. The molecule has 1 rings (SSSR count). The summed E-state index contributed by atoms with van der Waals surface area (Å²) in [5.74, 6) is -1.82. The summed E-state index contributed by atoms with van der Waals surface area (Å²) in [7, 11) is -2.30. The molecule has 0 aliphatic heterocycles. The van der Waals surface area contributed by atoms with Gasteiger partial charge in [-0.2, -0.15) is 0 Å². The Bertz CT molecular complexity index is 1450. The molecule has 0 radical (unpaired) electrons. The minimum atomic E-state index is -2.30. The van der Waals surface area contributed by atoms with Crippen molar-refractivity contribution < 1.29 is 33.0 Å². The number of hydrogen-bond donors (Lipinski definition) is 1. The van der Waals surface area contributed by atoms with E-state index in [9.17, 15) is 14.4 Å². The fourth-order valence-corrected chi connectivity index (χ4v) is 9.84. The standard InChI is InChI=1S/C40H65Cl3N2O7SSi/c1-14-54(15-2,16-3)52-33(23-34(46)51-38(9,10)11)39(12,13)36(47)29(7)35(50-37(48)49-25-40(41,42)43)27(5)19-17-18-26(4)20-21-32(44)28(6)22-31-24-53-30(8)45-31/h17-18,20,22,24,27,29,32-33,35H,14-16,19,21,23,25,44H2,1-13H3/b18-17+,26-20-,28-22+/t27-,29+,32-,33-,35-/m0/s1. The fraction of sp³-hybridized carbons (Fsp3) is 0.700. The lowest BCUT2D eigenvalue weighted by Gasteiger charge is -2.42. The van der Waals surface area contributed by atoms with Crippen molar-refractivity contribution in [1.82, 2.24) is 4.98 Å². The SMILES string of the molecule is CC[Si](CC)(CC)O[C@@H](CC(=O)OC(C)(C)C)C(C)(C)C(=O)[C@H](C)[C@@H](OC(=O)OCC(Cl)(Cl)Cl)[C@@H](C)C/C=C/C(C)=C\C[C@H](N)/C(C)=C/c1csc(C)n1. The largest absolute Gasteiger partial charge is 0.508 e. The maximum atomic E-state index is 14.6. The number of nitrogens with zero attached hydrogens (tertiary/aromatic N) is 1. The van der Waals surface area contributed by atoms with E-state index in [0.717, 1.165) is 40.0 Å². The number of rotatable bonds is 21. The van der Waals surface area contributed by atoms with Gasteiger partial charge in [-0.05, 0) is 84.5 Å². The number of esters is 1. The topological polar surface area (TPSA) is 127 Å². The highest BCUT2D eigenvalue weighted by molar-refractivity contribution is 7.09. The van der Waals surface area contributed by atoms with Gasteiger partial charge >= 0.3 is 12.1 Å². The van der Waals surface area contributed by atoms with Crippen LogP contribution < -0.4 is 5.73 Å². The number of carbonyl (C=O) groups excluding carboxylic acids is 3. The molecular weight excluding hydrogens is 787 g/mol. The molecule has 1 heterocycles. The second-order valence-corrected chi connectivity index (χ2v) is 24.1. The fourth-order valence-electron chi connectivity index (χ4n) is 6.13. The first-order valence-corrected chi connectivity index (χ1v) is 23.4. The summed E-state index contributed by atoms with van der Waals surface area (Å²) in [5.41, 5.74) is 7.55. The molecule has 1 aromatic rings. The average molecular weight is 852 g/mol. The smallest absolute Gasteiger partial charge is 0.460 e. The second-order valence-electron chi connectivity index (χ2n) is 15.8. The first-order valence-electron chi connectivity index (χ1n) is 18.8. The lowest BCUT2D eigenvalue weighted by atomic mass is 9.73. The molecule has 0 aliphatic carbocycles. The quantitative estimate of drug-likeness (QED) is 0.0556. The number of halogens is 3. The van der Waals surface area contributed by atoms with Crippen molar-refractivity contribution in [2.45, 2.75) is 155 Å². The Balaban J connectivity index is 3.36. The van der Waals surface area contributed by atoms with Gasteiger partial charge < -0.3 is 24.4 Å². The highest BCUT2D eigenvalue weighted by Gasteiger charge is 2.48. The van der Waals surface area contributed by atoms with Crippen molar-refractivity contribution in [3.63, 3.8) is 0 Å². The lowest BCUT2D eigenvalue weighted by Crippen LogP contribution is -2.52. The van der Waals surface area contributed by atoms with Crippen LogP contribution in [0.15, 0.2) is 34.8 Å². The number of thiazole rings is 1. The number of nitrogens with two attached hydrogens (primary N) is 1. The zero-order valence-electron chi connectivity index (χ0n) is 34.6. The van der Waals surface area contributed by atoms with E-state index in [-0.39, 0.29) is 24.2 Å². The molecule has 9 nitrogen and oxygen atoms in total. The molecule has 0 aromatic carbocycles. The van der Waals surface area contributed by atoms with E-state index in [0.29, 0.717) is 12.8 Å². The molecular formula is C40H65Cl3N2O7SSi. The first kappa shape index (κ1) is 50.3. The van der Waals surface area contributed by atoms with Crippen LogP contribution in [0.4, 0.5) is 4.79 Å². The molecule has 1 aromatic heterocycles. The predicted octanol–water partition coefficient (Wildman–Crippen LogP) is 11.3. The molecule has 0 spiro atoms. The van der Waals surface area contributed by atoms with Gasteiger partial charge in [-0.1, -0.05) is 113 Å². The zero-order valence-corrected chi connectivity index (χ0v) is 38.7. The van der Waals surface area contributed by atoms with Crippen molar-refractivity contribution in [3.05, 3.63) is 45.5 Å². The van der Waals surface area contributed by atoms with Crippen LogP contribution in [0.1, 0.15) is 113 Å². The maximum Gasteiger partial charge on any atom is 0.508 e. The van der Waals surface area contributed by atoms with Gasteiger partial charge in [0.2, 0.25) is 3.79 Å². The van der Waals surface area contributed by atoms with Gasteiger partial charge in [0.15, 0.2) is 8.32 Å². The predicted molar refractivity (Wildman–Crippen MR) is 227 cm³/mol. The number of alkyl halides is 3. The van der Waals surface area contributed by atoms with Gasteiger partial charge in [-0.15, -0.1) is 11.3 Å². The van der Waals surface area contributed by atoms with Gasteiger partial charge in [-0.3, -0.25) is 9.59 Å². The van der Waals surface area contributed by atoms with Crippen LogP contribution in [0.3, 0.4) is 0 Å². The Hall–Kier alpha value is -1.73. The first-order chi connectivity index (χ1) is 24.8. The molecule has 14 heteroatoms. The van der Waals surface area contributed by atoms with Gasteiger partial charge in [0.05, 0.1) is 29.1 Å². The van der Waals surface area contributed by atoms with E-state index in [2.05, 4.69) is 31.8 Å². The maximum absolute atomic E-state index is 14.6. The van der Waals surface area contributed by atoms with Crippen LogP contribution in [-0.4, -0.2) is 65.5 Å². The molecule has 0 bridgehead atoms. The molecule has 308 valence electrons. The third-order valence-electron chi connectivity index (χ3n) is 9.77. The summed E-state index contributed by atoms with van der Waals surface area (Å²) in [5, 5.41) is 3.02. The van der Waals surface area contributed by atoms with Crippen LogP contribution in [0.25, 0.3) is 6.08 Å². The Labute approximate surface area is 344 Å². The molecule has 0 saturated heterocycles. The number of allylic oxidation sites excluding steroid dienone is 3. The van der Waals surface area contributed by atoms with Crippen molar-refractivity contribution >= 4 is 78.4 Å². The number of aromatic nitrogens is 1.